The van der Waals surface area contributed by atoms with Crippen LogP contribution in [0.25, 0.3) is 0 Å². The fourth-order valence-corrected chi connectivity index (χ4v) is 1.72. The van der Waals surface area contributed by atoms with E-state index in [4.69, 9.17) is 9.52 Å². The van der Waals surface area contributed by atoms with Gasteiger partial charge in [0.05, 0.1) is 12.1 Å². The van der Waals surface area contributed by atoms with E-state index < -0.39 is 11.9 Å². The van der Waals surface area contributed by atoms with Gasteiger partial charge in [0, 0.05) is 19.3 Å². The van der Waals surface area contributed by atoms with Gasteiger partial charge in [-0.05, 0) is 5.92 Å². The van der Waals surface area contributed by atoms with Crippen molar-refractivity contribution in [3.05, 3.63) is 18.4 Å². The molecule has 0 spiro atoms. The Bertz CT molecular complexity index is 386. The molecule has 0 bridgehead atoms. The lowest BCUT2D eigenvalue weighted by Gasteiger charge is -2.12. The van der Waals surface area contributed by atoms with Crippen LogP contribution in [0.5, 0.6) is 0 Å². The largest absolute Gasteiger partial charge is 0.481 e. The Hall–Kier alpha value is -1.65. The van der Waals surface area contributed by atoms with Crippen molar-refractivity contribution in [2.75, 3.05) is 0 Å². The van der Waals surface area contributed by atoms with Crippen LogP contribution in [0.4, 0.5) is 0 Å². The van der Waals surface area contributed by atoms with Gasteiger partial charge in [-0.15, -0.1) is 0 Å². The number of carboxylic acid groups (broad SMARTS) is 1. The van der Waals surface area contributed by atoms with E-state index in [0.717, 1.165) is 6.42 Å². The standard InChI is InChI=1S/C13H19NO4/c1-3-9(2)4-11(15)5-10(13(16)17)6-12-7-14-8-18-12/h7-10H,3-6H2,1-2H3,(H,16,17). The minimum Gasteiger partial charge on any atom is -0.481 e. The van der Waals surface area contributed by atoms with E-state index in [0.29, 0.717) is 18.1 Å². The van der Waals surface area contributed by atoms with Crippen molar-refractivity contribution in [2.24, 2.45) is 11.8 Å². The van der Waals surface area contributed by atoms with Crippen LogP contribution >= 0.6 is 0 Å². The Balaban J connectivity index is 2.53. The lowest BCUT2D eigenvalue weighted by Crippen LogP contribution is -2.21. The first-order valence-electron chi connectivity index (χ1n) is 6.14. The van der Waals surface area contributed by atoms with Crippen LogP contribution in [-0.2, 0) is 16.0 Å². The number of carbonyl (C=O) groups is 2. The van der Waals surface area contributed by atoms with Crippen molar-refractivity contribution in [3.63, 3.8) is 0 Å². The molecule has 0 aromatic carbocycles. The predicted molar refractivity (Wildman–Crippen MR) is 65.0 cm³/mol. The summed E-state index contributed by atoms with van der Waals surface area (Å²) in [4.78, 5) is 26.6. The molecule has 0 aliphatic carbocycles. The van der Waals surface area contributed by atoms with E-state index >= 15 is 0 Å². The zero-order valence-electron chi connectivity index (χ0n) is 10.8. The van der Waals surface area contributed by atoms with E-state index in [1.165, 1.54) is 12.6 Å². The minimum absolute atomic E-state index is 0.00346. The highest BCUT2D eigenvalue weighted by atomic mass is 16.4. The van der Waals surface area contributed by atoms with Gasteiger partial charge in [-0.25, -0.2) is 4.98 Å². The average molecular weight is 253 g/mol. The molecule has 0 aliphatic heterocycles. The van der Waals surface area contributed by atoms with Crippen molar-refractivity contribution in [2.45, 2.75) is 39.5 Å². The maximum atomic E-state index is 11.7. The van der Waals surface area contributed by atoms with Crippen molar-refractivity contribution in [1.82, 2.24) is 4.98 Å². The third-order valence-corrected chi connectivity index (χ3v) is 3.03. The summed E-state index contributed by atoms with van der Waals surface area (Å²) >= 11 is 0. The minimum atomic E-state index is -0.969. The van der Waals surface area contributed by atoms with E-state index in [2.05, 4.69) is 4.98 Å². The van der Waals surface area contributed by atoms with E-state index in [1.807, 2.05) is 13.8 Å². The van der Waals surface area contributed by atoms with Gasteiger partial charge in [0.1, 0.15) is 11.5 Å². The van der Waals surface area contributed by atoms with Crippen LogP contribution in [0.15, 0.2) is 17.0 Å². The van der Waals surface area contributed by atoms with Crippen LogP contribution < -0.4 is 0 Å². The smallest absolute Gasteiger partial charge is 0.307 e. The number of Topliss-reactive ketones (excluding diaryl/α,β-unsaturated/α-hetero) is 1. The number of carboxylic acids is 1. The molecular weight excluding hydrogens is 234 g/mol. The zero-order valence-corrected chi connectivity index (χ0v) is 10.8. The van der Waals surface area contributed by atoms with Gasteiger partial charge in [0.25, 0.3) is 0 Å². The second kappa shape index (κ2) is 6.93. The van der Waals surface area contributed by atoms with Gasteiger partial charge >= 0.3 is 5.97 Å². The van der Waals surface area contributed by atoms with Crippen LogP contribution in [0.2, 0.25) is 0 Å². The Morgan fingerprint density at radius 2 is 2.17 bits per heavy atom. The maximum Gasteiger partial charge on any atom is 0.307 e. The van der Waals surface area contributed by atoms with Crippen molar-refractivity contribution in [3.8, 4) is 0 Å². The number of hydrogen-bond acceptors (Lipinski definition) is 4. The second-order valence-electron chi connectivity index (χ2n) is 4.67. The molecule has 1 heterocycles. The predicted octanol–water partition coefficient (Wildman–Crippen LogP) is 2.31. The molecule has 0 radical (unpaired) electrons. The Morgan fingerprint density at radius 1 is 1.44 bits per heavy atom. The van der Waals surface area contributed by atoms with Crippen molar-refractivity contribution >= 4 is 11.8 Å². The number of aliphatic carboxylic acids is 1. The average Bonchev–Trinajstić information content (AvgIpc) is 2.80. The van der Waals surface area contributed by atoms with Crippen molar-refractivity contribution in [1.29, 1.82) is 0 Å². The molecule has 18 heavy (non-hydrogen) atoms. The number of oxazole rings is 1. The SMILES string of the molecule is CCC(C)CC(=O)CC(Cc1cnco1)C(=O)O. The first-order valence-corrected chi connectivity index (χ1v) is 6.14. The molecule has 2 atom stereocenters. The summed E-state index contributed by atoms with van der Waals surface area (Å²) in [6.07, 6.45) is 4.37. The molecule has 0 aliphatic rings. The molecule has 2 unspecified atom stereocenters. The van der Waals surface area contributed by atoms with Gasteiger partial charge in [-0.3, -0.25) is 9.59 Å². The molecule has 1 rings (SSSR count). The quantitative estimate of drug-likeness (QED) is 0.769. The maximum absolute atomic E-state index is 11.7. The highest BCUT2D eigenvalue weighted by molar-refractivity contribution is 5.84. The fraction of sp³-hybridized carbons (Fsp3) is 0.615. The summed E-state index contributed by atoms with van der Waals surface area (Å²) in [6.45, 7) is 4.01. The summed E-state index contributed by atoms with van der Waals surface area (Å²) < 4.78 is 5.01. The number of hydrogen-bond donors (Lipinski definition) is 1. The van der Waals surface area contributed by atoms with Crippen LogP contribution in [0.3, 0.4) is 0 Å². The molecular formula is C13H19NO4. The van der Waals surface area contributed by atoms with Gasteiger partial charge in [0.15, 0.2) is 6.39 Å². The first kappa shape index (κ1) is 14.4. The highest BCUT2D eigenvalue weighted by Crippen LogP contribution is 2.16. The number of ketones is 1. The van der Waals surface area contributed by atoms with E-state index in [9.17, 15) is 9.59 Å². The fourth-order valence-electron chi connectivity index (χ4n) is 1.72. The third kappa shape index (κ3) is 4.69. The summed E-state index contributed by atoms with van der Waals surface area (Å²) in [7, 11) is 0. The molecule has 1 aromatic heterocycles. The lowest BCUT2D eigenvalue weighted by molar-refractivity contribution is -0.144. The summed E-state index contributed by atoms with van der Waals surface area (Å²) in [5.41, 5.74) is 0. The van der Waals surface area contributed by atoms with E-state index in [-0.39, 0.29) is 18.6 Å². The Morgan fingerprint density at radius 3 is 2.67 bits per heavy atom. The zero-order chi connectivity index (χ0) is 13.5. The first-order chi connectivity index (χ1) is 8.52. The normalized spacial score (nSPS) is 14.1. The third-order valence-electron chi connectivity index (χ3n) is 3.03. The van der Waals surface area contributed by atoms with E-state index in [1.54, 1.807) is 0 Å². The van der Waals surface area contributed by atoms with Crippen LogP contribution in [0, 0.1) is 11.8 Å². The second-order valence-corrected chi connectivity index (χ2v) is 4.67. The Kier molecular flexibility index (Phi) is 5.55. The molecule has 100 valence electrons. The topological polar surface area (TPSA) is 80.4 Å². The molecule has 1 aromatic rings. The van der Waals surface area contributed by atoms with Crippen LogP contribution in [0.1, 0.15) is 38.9 Å². The number of carbonyl (C=O) groups excluding carboxylic acids is 1. The van der Waals surface area contributed by atoms with Gasteiger partial charge < -0.3 is 9.52 Å². The van der Waals surface area contributed by atoms with Gasteiger partial charge in [0.2, 0.25) is 0 Å². The number of nitrogens with zero attached hydrogens (tertiary/aromatic N) is 1. The number of rotatable bonds is 8. The summed E-state index contributed by atoms with van der Waals surface area (Å²) in [5, 5.41) is 9.10. The number of aromatic nitrogens is 1. The van der Waals surface area contributed by atoms with Crippen molar-refractivity contribution < 1.29 is 19.1 Å². The summed E-state index contributed by atoms with van der Waals surface area (Å²) in [6, 6.07) is 0. The molecule has 5 heteroatoms. The highest BCUT2D eigenvalue weighted by Gasteiger charge is 2.23. The molecule has 0 amide bonds. The molecule has 5 nitrogen and oxygen atoms in total. The lowest BCUT2D eigenvalue weighted by atomic mass is 9.92. The van der Waals surface area contributed by atoms with Crippen LogP contribution in [-0.4, -0.2) is 21.8 Å². The molecule has 1 N–H and O–H groups in total. The molecule has 0 saturated heterocycles. The summed E-state index contributed by atoms with van der Waals surface area (Å²) in [5.74, 6) is -0.898. The molecule has 0 fully saturated rings. The Labute approximate surface area is 106 Å². The van der Waals surface area contributed by atoms with Gasteiger partial charge in [-0.1, -0.05) is 20.3 Å². The monoisotopic (exact) mass is 253 g/mol. The van der Waals surface area contributed by atoms with Gasteiger partial charge in [-0.2, -0.15) is 0 Å². The molecule has 0 saturated carbocycles.